The smallest absolute Gasteiger partial charge is 0.406 e. The van der Waals surface area contributed by atoms with Crippen LogP contribution in [0, 0.1) is 0 Å². The lowest BCUT2D eigenvalue weighted by atomic mass is 10.0. The Morgan fingerprint density at radius 2 is 1.73 bits per heavy atom. The maximum absolute atomic E-state index is 13.4. The van der Waals surface area contributed by atoms with Crippen molar-refractivity contribution in [3.05, 3.63) is 59.7 Å². The first-order valence-corrected chi connectivity index (χ1v) is 14.0. The van der Waals surface area contributed by atoms with Crippen LogP contribution in [0.1, 0.15) is 50.7 Å². The Bertz CT molecular complexity index is 1200. The molecular weight excluding hydrogens is 529 g/mol. The van der Waals surface area contributed by atoms with E-state index < -0.39 is 34.1 Å². The monoisotopic (exact) mass is 558 g/mol. The van der Waals surface area contributed by atoms with Crippen LogP contribution in [-0.2, 0) is 26.2 Å². The Labute approximate surface area is 218 Å². The van der Waals surface area contributed by atoms with E-state index in [0.29, 0.717) is 12.3 Å². The van der Waals surface area contributed by atoms with Crippen LogP contribution in [0.15, 0.2) is 53.4 Å². The Balaban J connectivity index is 1.80. The summed E-state index contributed by atoms with van der Waals surface area (Å²) in [5.74, 6) is -0.711. The van der Waals surface area contributed by atoms with E-state index in [9.17, 15) is 31.2 Å². The summed E-state index contributed by atoms with van der Waals surface area (Å²) in [5, 5.41) is 2.42. The van der Waals surface area contributed by atoms with Gasteiger partial charge in [-0.05, 0) is 54.2 Å². The fourth-order valence-electron chi connectivity index (χ4n) is 4.05. The fraction of sp³-hybridized carbons (Fsp3) is 0.440. The zero-order chi connectivity index (χ0) is 27.4. The predicted octanol–water partition coefficient (Wildman–Crippen LogP) is 4.83. The number of amides is 1. The molecule has 1 aliphatic rings. The predicted molar refractivity (Wildman–Crippen MR) is 134 cm³/mol. The number of hydrogen-bond donors (Lipinski definition) is 1. The van der Waals surface area contributed by atoms with Gasteiger partial charge in [-0.25, -0.2) is 8.42 Å². The number of thioether (sulfide) groups is 1. The quantitative estimate of drug-likeness (QED) is 0.499. The third-order valence-corrected chi connectivity index (χ3v) is 8.93. The van der Waals surface area contributed by atoms with E-state index in [0.717, 1.165) is 51.5 Å². The zero-order valence-corrected chi connectivity index (χ0v) is 22.3. The van der Waals surface area contributed by atoms with E-state index in [1.807, 2.05) is 24.3 Å². The number of ether oxygens (including phenoxy) is 1. The molecule has 202 valence electrons. The van der Waals surface area contributed by atoms with Gasteiger partial charge in [0.25, 0.3) is 0 Å². The highest BCUT2D eigenvalue weighted by atomic mass is 32.2. The molecule has 0 saturated carbocycles. The highest BCUT2D eigenvalue weighted by Crippen LogP contribution is 2.33. The molecule has 0 aromatic heterocycles. The van der Waals surface area contributed by atoms with Crippen molar-refractivity contribution in [3.63, 3.8) is 0 Å². The van der Waals surface area contributed by atoms with Crippen LogP contribution in [0.3, 0.4) is 0 Å². The molecule has 37 heavy (non-hydrogen) atoms. The summed E-state index contributed by atoms with van der Waals surface area (Å²) in [6.45, 7) is 5.72. The molecule has 1 N–H and O–H groups in total. The molecule has 0 radical (unpaired) electrons. The van der Waals surface area contributed by atoms with Crippen molar-refractivity contribution in [3.8, 4) is 5.75 Å². The largest absolute Gasteiger partial charge is 0.573 e. The van der Waals surface area contributed by atoms with Crippen molar-refractivity contribution in [2.75, 3.05) is 6.54 Å². The molecule has 2 atom stereocenters. The Hall–Kier alpha value is -2.57. The lowest BCUT2D eigenvalue weighted by Crippen LogP contribution is -2.54. The van der Waals surface area contributed by atoms with Crippen LogP contribution in [0.4, 0.5) is 13.2 Å². The standard InChI is InChI=1S/C25H29F3N2O5S2/c1-16(2)19-6-4-18(5-7-19)15-29-24(32)23-14-21(36-17(3)31)12-13-30(23)37(33,34)22-10-8-20(9-11-22)35-25(26,27)28/h4-11,16,21,23H,12-15H2,1-3H3,(H,29,32)/t21-,23-/m1/s1. The number of carbonyl (C=O) groups is 2. The molecule has 1 aliphatic heterocycles. The van der Waals surface area contributed by atoms with Crippen LogP contribution in [-0.4, -0.2) is 47.9 Å². The minimum Gasteiger partial charge on any atom is -0.406 e. The van der Waals surface area contributed by atoms with Crippen LogP contribution >= 0.6 is 11.8 Å². The van der Waals surface area contributed by atoms with E-state index in [1.54, 1.807) is 0 Å². The number of hydrogen-bond acceptors (Lipinski definition) is 6. The summed E-state index contributed by atoms with van der Waals surface area (Å²) in [5.41, 5.74) is 1.99. The van der Waals surface area contributed by atoms with Gasteiger partial charge in [0.05, 0.1) is 4.90 Å². The van der Waals surface area contributed by atoms with Gasteiger partial charge in [-0.15, -0.1) is 13.2 Å². The lowest BCUT2D eigenvalue weighted by molar-refractivity contribution is -0.274. The first-order chi connectivity index (χ1) is 17.3. The van der Waals surface area contributed by atoms with E-state index in [4.69, 9.17) is 0 Å². The number of sulfonamides is 1. The number of nitrogens with zero attached hydrogens (tertiary/aromatic N) is 1. The molecule has 2 aromatic rings. The summed E-state index contributed by atoms with van der Waals surface area (Å²) < 4.78 is 69.1. The summed E-state index contributed by atoms with van der Waals surface area (Å²) in [6.07, 6.45) is -4.44. The zero-order valence-electron chi connectivity index (χ0n) is 20.6. The van der Waals surface area contributed by atoms with Crippen LogP contribution < -0.4 is 10.1 Å². The maximum Gasteiger partial charge on any atom is 0.573 e. The minimum atomic E-state index is -4.91. The highest BCUT2D eigenvalue weighted by molar-refractivity contribution is 8.14. The SMILES string of the molecule is CC(=O)S[C@@H]1CCN(S(=O)(=O)c2ccc(OC(F)(F)F)cc2)[C@@H](C(=O)NCc2ccc(C(C)C)cc2)C1. The van der Waals surface area contributed by atoms with E-state index in [2.05, 4.69) is 23.9 Å². The van der Waals surface area contributed by atoms with Crippen LogP contribution in [0.25, 0.3) is 0 Å². The number of nitrogens with one attached hydrogen (secondary N) is 1. The van der Waals surface area contributed by atoms with Crippen molar-refractivity contribution >= 4 is 32.8 Å². The van der Waals surface area contributed by atoms with Crippen molar-refractivity contribution in [1.82, 2.24) is 9.62 Å². The van der Waals surface area contributed by atoms with Gasteiger partial charge in [0.1, 0.15) is 11.8 Å². The molecule has 0 unspecified atom stereocenters. The topological polar surface area (TPSA) is 92.8 Å². The summed E-state index contributed by atoms with van der Waals surface area (Å²) >= 11 is 1.07. The number of carbonyl (C=O) groups excluding carboxylic acids is 2. The number of benzene rings is 2. The second-order valence-electron chi connectivity index (χ2n) is 9.02. The third kappa shape index (κ3) is 7.96. The molecule has 7 nitrogen and oxygen atoms in total. The van der Waals surface area contributed by atoms with E-state index >= 15 is 0 Å². The van der Waals surface area contributed by atoms with Gasteiger partial charge in [0.2, 0.25) is 15.9 Å². The molecule has 1 fully saturated rings. The Morgan fingerprint density at radius 3 is 2.27 bits per heavy atom. The molecule has 1 saturated heterocycles. The van der Waals surface area contributed by atoms with E-state index in [1.165, 1.54) is 6.92 Å². The van der Waals surface area contributed by atoms with Gasteiger partial charge in [-0.1, -0.05) is 49.9 Å². The van der Waals surface area contributed by atoms with Crippen molar-refractivity contribution in [2.45, 2.75) is 68.6 Å². The number of halogens is 3. The second-order valence-corrected chi connectivity index (χ2v) is 12.4. The first kappa shape index (κ1) is 29.0. The van der Waals surface area contributed by atoms with Gasteiger partial charge in [-0.2, -0.15) is 4.31 Å². The van der Waals surface area contributed by atoms with Gasteiger partial charge < -0.3 is 10.1 Å². The van der Waals surface area contributed by atoms with Gasteiger partial charge in [0, 0.05) is 25.3 Å². The molecule has 1 amide bonds. The summed E-state index contributed by atoms with van der Waals surface area (Å²) in [4.78, 5) is 24.6. The molecule has 0 aliphatic carbocycles. The average Bonchev–Trinajstić information content (AvgIpc) is 2.81. The van der Waals surface area contributed by atoms with Crippen molar-refractivity contribution < 1.29 is 35.9 Å². The first-order valence-electron chi connectivity index (χ1n) is 11.7. The normalized spacial score (nSPS) is 19.0. The number of rotatable bonds is 8. The fourth-order valence-corrected chi connectivity index (χ4v) is 6.64. The van der Waals surface area contributed by atoms with Crippen molar-refractivity contribution in [1.29, 1.82) is 0 Å². The minimum absolute atomic E-state index is 0.0186. The van der Waals surface area contributed by atoms with Crippen LogP contribution in [0.5, 0.6) is 5.75 Å². The summed E-state index contributed by atoms with van der Waals surface area (Å²) in [7, 11) is -4.23. The molecule has 12 heteroatoms. The highest BCUT2D eigenvalue weighted by Gasteiger charge is 2.41. The molecular formula is C25H29F3N2O5S2. The van der Waals surface area contributed by atoms with E-state index in [-0.39, 0.29) is 34.8 Å². The van der Waals surface area contributed by atoms with Gasteiger partial charge in [0.15, 0.2) is 5.12 Å². The molecule has 1 heterocycles. The average molecular weight is 559 g/mol. The Morgan fingerprint density at radius 1 is 1.11 bits per heavy atom. The number of piperidine rings is 1. The van der Waals surface area contributed by atoms with Gasteiger partial charge >= 0.3 is 6.36 Å². The summed E-state index contributed by atoms with van der Waals surface area (Å²) in [6, 6.07) is 10.5. The molecule has 3 rings (SSSR count). The van der Waals surface area contributed by atoms with Crippen molar-refractivity contribution in [2.24, 2.45) is 0 Å². The Kier molecular flexibility index (Phi) is 9.30. The molecule has 2 aromatic carbocycles. The maximum atomic E-state index is 13.4. The molecule has 0 bridgehead atoms. The third-order valence-electron chi connectivity index (χ3n) is 5.92. The van der Waals surface area contributed by atoms with Crippen LogP contribution in [0.2, 0.25) is 0 Å². The van der Waals surface area contributed by atoms with Gasteiger partial charge in [-0.3, -0.25) is 9.59 Å². The lowest BCUT2D eigenvalue weighted by Gasteiger charge is -2.37. The molecule has 0 spiro atoms. The number of alkyl halides is 3. The second kappa shape index (κ2) is 11.9.